The van der Waals surface area contributed by atoms with E-state index in [0.29, 0.717) is 16.4 Å². The van der Waals surface area contributed by atoms with E-state index in [-0.39, 0.29) is 23.6 Å². The fourth-order valence-corrected chi connectivity index (χ4v) is 2.24. The summed E-state index contributed by atoms with van der Waals surface area (Å²) in [5.41, 5.74) is 4.48. The standard InChI is InChI=1S/C18H18ClN3O3/c1-11(21-22-18(25)13-5-3-6-14(23)10-13)9-17(24)20-16-8-4-7-15(19)12(16)2/h3-8,10,23H,9H2,1-2H3,(H,20,24)(H,22,25)/b21-11+. The monoisotopic (exact) mass is 359 g/mol. The zero-order valence-corrected chi connectivity index (χ0v) is 14.6. The van der Waals surface area contributed by atoms with E-state index in [4.69, 9.17) is 11.6 Å². The van der Waals surface area contributed by atoms with Gasteiger partial charge in [0.25, 0.3) is 5.91 Å². The Bertz CT molecular complexity index is 834. The lowest BCUT2D eigenvalue weighted by Crippen LogP contribution is -2.21. The Kier molecular flexibility index (Phi) is 6.14. The fraction of sp³-hybridized carbons (Fsp3) is 0.167. The van der Waals surface area contributed by atoms with Crippen molar-refractivity contribution >= 4 is 34.8 Å². The number of amides is 2. The van der Waals surface area contributed by atoms with E-state index in [1.807, 2.05) is 6.92 Å². The smallest absolute Gasteiger partial charge is 0.271 e. The average Bonchev–Trinajstić information content (AvgIpc) is 2.56. The van der Waals surface area contributed by atoms with Crippen LogP contribution in [0, 0.1) is 6.92 Å². The third-order valence-corrected chi connectivity index (χ3v) is 3.82. The van der Waals surface area contributed by atoms with Gasteiger partial charge in [-0.05, 0) is 49.7 Å². The van der Waals surface area contributed by atoms with Gasteiger partial charge in [0, 0.05) is 22.0 Å². The number of carbonyl (C=O) groups is 2. The van der Waals surface area contributed by atoms with Crippen molar-refractivity contribution in [1.82, 2.24) is 5.43 Å². The van der Waals surface area contributed by atoms with E-state index < -0.39 is 5.91 Å². The molecule has 130 valence electrons. The minimum Gasteiger partial charge on any atom is -0.508 e. The van der Waals surface area contributed by atoms with E-state index in [1.165, 1.54) is 12.1 Å². The van der Waals surface area contributed by atoms with Gasteiger partial charge in [-0.15, -0.1) is 0 Å². The number of phenolic OH excluding ortho intramolecular Hbond substituents is 1. The number of hydrogen-bond acceptors (Lipinski definition) is 4. The van der Waals surface area contributed by atoms with Crippen molar-refractivity contribution in [1.29, 1.82) is 0 Å². The predicted octanol–water partition coefficient (Wildman–Crippen LogP) is 3.49. The van der Waals surface area contributed by atoms with Gasteiger partial charge in [0.15, 0.2) is 0 Å². The molecule has 0 aliphatic heterocycles. The molecule has 2 rings (SSSR count). The molecule has 2 amide bonds. The molecule has 7 heteroatoms. The van der Waals surface area contributed by atoms with Crippen LogP contribution in [0.15, 0.2) is 47.6 Å². The van der Waals surface area contributed by atoms with Crippen LogP contribution in [-0.2, 0) is 4.79 Å². The molecule has 25 heavy (non-hydrogen) atoms. The van der Waals surface area contributed by atoms with Crippen LogP contribution in [0.25, 0.3) is 0 Å². The van der Waals surface area contributed by atoms with Gasteiger partial charge in [0.05, 0.1) is 6.42 Å². The lowest BCUT2D eigenvalue weighted by Gasteiger charge is -2.09. The zero-order valence-electron chi connectivity index (χ0n) is 13.8. The Hall–Kier alpha value is -2.86. The minimum atomic E-state index is -0.471. The maximum Gasteiger partial charge on any atom is 0.271 e. The van der Waals surface area contributed by atoms with Crippen molar-refractivity contribution in [3.8, 4) is 5.75 Å². The topological polar surface area (TPSA) is 90.8 Å². The van der Waals surface area contributed by atoms with Crippen molar-refractivity contribution < 1.29 is 14.7 Å². The third-order valence-electron chi connectivity index (χ3n) is 3.41. The Balaban J connectivity index is 1.93. The fourth-order valence-electron chi connectivity index (χ4n) is 2.07. The molecule has 0 radical (unpaired) electrons. The molecular weight excluding hydrogens is 342 g/mol. The van der Waals surface area contributed by atoms with Crippen LogP contribution < -0.4 is 10.7 Å². The summed E-state index contributed by atoms with van der Waals surface area (Å²) in [7, 11) is 0. The highest BCUT2D eigenvalue weighted by atomic mass is 35.5. The molecule has 0 unspecified atom stereocenters. The molecule has 0 spiro atoms. The molecular formula is C18H18ClN3O3. The Morgan fingerprint density at radius 3 is 2.64 bits per heavy atom. The number of carbonyl (C=O) groups excluding carboxylic acids is 2. The van der Waals surface area contributed by atoms with Crippen molar-refractivity contribution in [3.63, 3.8) is 0 Å². The maximum atomic E-state index is 12.1. The van der Waals surface area contributed by atoms with E-state index in [9.17, 15) is 14.7 Å². The number of nitrogens with zero attached hydrogens (tertiary/aromatic N) is 1. The second-order valence-corrected chi connectivity index (χ2v) is 5.88. The molecule has 0 aliphatic rings. The van der Waals surface area contributed by atoms with E-state index in [2.05, 4.69) is 15.8 Å². The maximum absolute atomic E-state index is 12.1. The first kappa shape index (κ1) is 18.5. The number of anilines is 1. The van der Waals surface area contributed by atoms with E-state index in [1.54, 1.807) is 37.3 Å². The average molecular weight is 360 g/mol. The van der Waals surface area contributed by atoms with Gasteiger partial charge >= 0.3 is 0 Å². The predicted molar refractivity (Wildman–Crippen MR) is 98.1 cm³/mol. The summed E-state index contributed by atoms with van der Waals surface area (Å²) in [5.74, 6) is -0.746. The molecule has 2 aromatic rings. The first-order chi connectivity index (χ1) is 11.9. The van der Waals surface area contributed by atoms with Crippen LogP contribution in [0.4, 0.5) is 5.69 Å². The Morgan fingerprint density at radius 2 is 1.92 bits per heavy atom. The van der Waals surface area contributed by atoms with Gasteiger partial charge < -0.3 is 10.4 Å². The molecule has 0 aliphatic carbocycles. The zero-order chi connectivity index (χ0) is 18.4. The normalized spacial score (nSPS) is 11.1. The molecule has 0 fully saturated rings. The number of aromatic hydroxyl groups is 1. The van der Waals surface area contributed by atoms with Gasteiger partial charge in [0.1, 0.15) is 5.75 Å². The molecule has 0 atom stereocenters. The molecule has 0 bridgehead atoms. The number of nitrogens with one attached hydrogen (secondary N) is 2. The minimum absolute atomic E-state index is 0.00961. The largest absolute Gasteiger partial charge is 0.508 e. The van der Waals surface area contributed by atoms with E-state index in [0.717, 1.165) is 5.56 Å². The molecule has 0 heterocycles. The van der Waals surface area contributed by atoms with Crippen molar-refractivity contribution in [2.24, 2.45) is 5.10 Å². The molecule has 0 saturated carbocycles. The summed E-state index contributed by atoms with van der Waals surface area (Å²) >= 11 is 6.02. The van der Waals surface area contributed by atoms with Crippen molar-refractivity contribution in [2.45, 2.75) is 20.3 Å². The quantitative estimate of drug-likeness (QED) is 0.563. The number of phenols is 1. The van der Waals surface area contributed by atoms with Crippen LogP contribution in [0.3, 0.4) is 0 Å². The molecule has 0 aromatic heterocycles. The Labute approximate surface area is 150 Å². The SMILES string of the molecule is C/C(CC(=O)Nc1cccc(Cl)c1C)=N\NC(=O)c1cccc(O)c1. The highest BCUT2D eigenvalue weighted by molar-refractivity contribution is 6.31. The molecule has 2 aromatic carbocycles. The van der Waals surface area contributed by atoms with Crippen molar-refractivity contribution in [2.75, 3.05) is 5.32 Å². The van der Waals surface area contributed by atoms with Crippen LogP contribution in [0.2, 0.25) is 5.02 Å². The lowest BCUT2D eigenvalue weighted by molar-refractivity contribution is -0.115. The van der Waals surface area contributed by atoms with Gasteiger partial charge in [-0.2, -0.15) is 5.10 Å². The van der Waals surface area contributed by atoms with Crippen LogP contribution >= 0.6 is 11.6 Å². The van der Waals surface area contributed by atoms with Gasteiger partial charge in [-0.1, -0.05) is 23.7 Å². The summed E-state index contributed by atoms with van der Waals surface area (Å²) in [5, 5.41) is 16.6. The number of hydrazone groups is 1. The highest BCUT2D eigenvalue weighted by Crippen LogP contribution is 2.22. The number of benzene rings is 2. The third kappa shape index (κ3) is 5.32. The summed E-state index contributed by atoms with van der Waals surface area (Å²) < 4.78 is 0. The van der Waals surface area contributed by atoms with Gasteiger partial charge in [-0.25, -0.2) is 5.43 Å². The molecule has 3 N–H and O–H groups in total. The summed E-state index contributed by atoms with van der Waals surface area (Å²) in [4.78, 5) is 24.0. The molecule has 6 nitrogen and oxygen atoms in total. The van der Waals surface area contributed by atoms with Crippen LogP contribution in [-0.4, -0.2) is 22.6 Å². The first-order valence-electron chi connectivity index (χ1n) is 7.54. The molecule has 0 saturated heterocycles. The van der Waals surface area contributed by atoms with Crippen LogP contribution in [0.1, 0.15) is 29.3 Å². The lowest BCUT2D eigenvalue weighted by atomic mass is 10.2. The van der Waals surface area contributed by atoms with Gasteiger partial charge in [-0.3, -0.25) is 9.59 Å². The summed E-state index contributed by atoms with van der Waals surface area (Å²) in [6.45, 7) is 3.45. The second-order valence-electron chi connectivity index (χ2n) is 5.48. The second kappa shape index (κ2) is 8.30. The van der Waals surface area contributed by atoms with Crippen molar-refractivity contribution in [3.05, 3.63) is 58.6 Å². The summed E-state index contributed by atoms with van der Waals surface area (Å²) in [6.07, 6.45) is 0.0201. The first-order valence-corrected chi connectivity index (χ1v) is 7.92. The number of rotatable bonds is 5. The summed E-state index contributed by atoms with van der Waals surface area (Å²) in [6, 6.07) is 11.2. The van der Waals surface area contributed by atoms with Gasteiger partial charge in [0.2, 0.25) is 5.91 Å². The van der Waals surface area contributed by atoms with E-state index >= 15 is 0 Å². The number of halogens is 1. The highest BCUT2D eigenvalue weighted by Gasteiger charge is 2.09. The Morgan fingerprint density at radius 1 is 1.20 bits per heavy atom. The van der Waals surface area contributed by atoms with Crippen LogP contribution in [0.5, 0.6) is 5.75 Å². The number of hydrogen-bond donors (Lipinski definition) is 3.